The topological polar surface area (TPSA) is 96.0 Å². The van der Waals surface area contributed by atoms with Crippen LogP contribution in [0.2, 0.25) is 0 Å². The SMILES string of the molecule is COc1ccc(S(=O)(=O)N2CCC3NC(=O)N(c4ccc(C)cc4)C(=O)C32)cc1. The monoisotopic (exact) mass is 415 g/mol. The van der Waals surface area contributed by atoms with Gasteiger partial charge in [0.1, 0.15) is 11.8 Å². The summed E-state index contributed by atoms with van der Waals surface area (Å²) in [6.45, 7) is 2.05. The van der Waals surface area contributed by atoms with Gasteiger partial charge in [-0.05, 0) is 49.7 Å². The zero-order chi connectivity index (χ0) is 20.8. The first-order chi connectivity index (χ1) is 13.8. The second-order valence-corrected chi connectivity index (χ2v) is 8.98. The van der Waals surface area contributed by atoms with Crippen molar-refractivity contribution >= 4 is 27.6 Å². The maximum Gasteiger partial charge on any atom is 0.329 e. The van der Waals surface area contributed by atoms with Crippen molar-refractivity contribution in [2.75, 3.05) is 18.6 Å². The zero-order valence-electron chi connectivity index (χ0n) is 16.0. The predicted octanol–water partition coefficient (Wildman–Crippen LogP) is 1.89. The molecule has 3 amide bonds. The Labute approximate surface area is 169 Å². The summed E-state index contributed by atoms with van der Waals surface area (Å²) < 4.78 is 32.7. The number of aryl methyl sites for hydroxylation is 1. The number of hydrogen-bond acceptors (Lipinski definition) is 5. The molecule has 4 rings (SSSR count). The van der Waals surface area contributed by atoms with Crippen LogP contribution in [0.25, 0.3) is 0 Å². The van der Waals surface area contributed by atoms with Crippen molar-refractivity contribution < 1.29 is 22.7 Å². The molecule has 0 bridgehead atoms. The minimum absolute atomic E-state index is 0.0746. The van der Waals surface area contributed by atoms with Gasteiger partial charge in [0.2, 0.25) is 10.0 Å². The van der Waals surface area contributed by atoms with Gasteiger partial charge in [0.15, 0.2) is 0 Å². The van der Waals surface area contributed by atoms with E-state index in [2.05, 4.69) is 5.32 Å². The molecule has 0 aliphatic carbocycles. The van der Waals surface area contributed by atoms with Crippen LogP contribution in [-0.2, 0) is 14.8 Å². The highest BCUT2D eigenvalue weighted by molar-refractivity contribution is 7.89. The van der Waals surface area contributed by atoms with E-state index in [1.807, 2.05) is 6.92 Å². The Bertz CT molecular complexity index is 1050. The molecule has 1 N–H and O–H groups in total. The number of anilines is 1. The van der Waals surface area contributed by atoms with Crippen LogP contribution < -0.4 is 15.0 Å². The summed E-state index contributed by atoms with van der Waals surface area (Å²) in [5.41, 5.74) is 1.39. The van der Waals surface area contributed by atoms with E-state index in [4.69, 9.17) is 4.74 Å². The summed E-state index contributed by atoms with van der Waals surface area (Å²) in [7, 11) is -2.42. The normalized spacial score (nSPS) is 22.3. The Morgan fingerprint density at radius 1 is 1.03 bits per heavy atom. The first-order valence-corrected chi connectivity index (χ1v) is 10.6. The first-order valence-electron chi connectivity index (χ1n) is 9.20. The third kappa shape index (κ3) is 3.26. The van der Waals surface area contributed by atoms with Crippen LogP contribution in [0.4, 0.5) is 10.5 Å². The molecule has 0 spiro atoms. The lowest BCUT2D eigenvalue weighted by Crippen LogP contribution is -2.64. The molecule has 2 unspecified atom stereocenters. The zero-order valence-corrected chi connectivity index (χ0v) is 16.8. The van der Waals surface area contributed by atoms with E-state index in [1.54, 1.807) is 36.4 Å². The fourth-order valence-electron chi connectivity index (χ4n) is 3.76. The van der Waals surface area contributed by atoms with E-state index in [0.29, 0.717) is 17.9 Å². The van der Waals surface area contributed by atoms with Crippen molar-refractivity contribution in [3.63, 3.8) is 0 Å². The number of urea groups is 1. The lowest BCUT2D eigenvalue weighted by Gasteiger charge is -2.36. The molecule has 0 radical (unpaired) electrons. The van der Waals surface area contributed by atoms with Gasteiger partial charge in [-0.25, -0.2) is 18.1 Å². The van der Waals surface area contributed by atoms with E-state index in [1.165, 1.54) is 23.5 Å². The minimum Gasteiger partial charge on any atom is -0.497 e. The third-order valence-corrected chi connectivity index (χ3v) is 7.19. The molecule has 2 saturated heterocycles. The van der Waals surface area contributed by atoms with Gasteiger partial charge in [0.25, 0.3) is 5.91 Å². The Hall–Kier alpha value is -2.91. The van der Waals surface area contributed by atoms with Crippen molar-refractivity contribution in [1.82, 2.24) is 9.62 Å². The number of nitrogens with one attached hydrogen (secondary N) is 1. The number of carbonyl (C=O) groups is 2. The molecular formula is C20H21N3O5S. The summed E-state index contributed by atoms with van der Waals surface area (Å²) in [6, 6.07) is 10.9. The summed E-state index contributed by atoms with van der Waals surface area (Å²) in [5, 5.41) is 2.78. The Morgan fingerprint density at radius 2 is 1.69 bits per heavy atom. The van der Waals surface area contributed by atoms with Crippen molar-refractivity contribution in [3.8, 4) is 5.75 Å². The molecule has 2 aromatic carbocycles. The number of amides is 3. The smallest absolute Gasteiger partial charge is 0.329 e. The fourth-order valence-corrected chi connectivity index (χ4v) is 5.39. The second kappa shape index (κ2) is 7.16. The van der Waals surface area contributed by atoms with Crippen LogP contribution >= 0.6 is 0 Å². The summed E-state index contributed by atoms with van der Waals surface area (Å²) in [6.07, 6.45) is 0.374. The van der Waals surface area contributed by atoms with Crippen LogP contribution in [0.3, 0.4) is 0 Å². The molecule has 2 aliphatic heterocycles. The van der Waals surface area contributed by atoms with Gasteiger partial charge in [-0.1, -0.05) is 17.7 Å². The van der Waals surface area contributed by atoms with Gasteiger partial charge in [-0.15, -0.1) is 0 Å². The van der Waals surface area contributed by atoms with Crippen LogP contribution in [-0.4, -0.2) is 50.4 Å². The minimum atomic E-state index is -3.92. The van der Waals surface area contributed by atoms with E-state index >= 15 is 0 Å². The number of nitrogens with zero attached hydrogens (tertiary/aromatic N) is 2. The van der Waals surface area contributed by atoms with E-state index in [-0.39, 0.29) is 11.4 Å². The molecule has 2 atom stereocenters. The van der Waals surface area contributed by atoms with Crippen LogP contribution in [0.1, 0.15) is 12.0 Å². The number of imide groups is 1. The number of ether oxygens (including phenoxy) is 1. The van der Waals surface area contributed by atoms with E-state index in [9.17, 15) is 18.0 Å². The van der Waals surface area contributed by atoms with Crippen molar-refractivity contribution in [2.45, 2.75) is 30.3 Å². The molecule has 2 aliphatic rings. The average Bonchev–Trinajstić information content (AvgIpc) is 3.14. The van der Waals surface area contributed by atoms with Crippen molar-refractivity contribution in [2.24, 2.45) is 0 Å². The van der Waals surface area contributed by atoms with Crippen LogP contribution in [0.15, 0.2) is 53.4 Å². The van der Waals surface area contributed by atoms with Gasteiger partial charge in [-0.2, -0.15) is 4.31 Å². The van der Waals surface area contributed by atoms with Crippen molar-refractivity contribution in [3.05, 3.63) is 54.1 Å². The molecule has 0 aromatic heterocycles. The third-order valence-electron chi connectivity index (χ3n) is 5.30. The standard InChI is InChI=1S/C20H21N3O5S/c1-13-3-5-14(6-4-13)23-19(24)18-17(21-20(23)25)11-12-22(18)29(26,27)16-9-7-15(28-2)8-10-16/h3-10,17-18H,11-12H2,1-2H3,(H,21,25). The first kappa shape index (κ1) is 19.4. The Morgan fingerprint density at radius 3 is 2.31 bits per heavy atom. The van der Waals surface area contributed by atoms with Gasteiger partial charge >= 0.3 is 6.03 Å². The molecule has 8 nitrogen and oxygen atoms in total. The number of fused-ring (bicyclic) bond motifs is 1. The summed E-state index contributed by atoms with van der Waals surface area (Å²) >= 11 is 0. The van der Waals surface area contributed by atoms with Gasteiger partial charge in [0, 0.05) is 6.54 Å². The highest BCUT2D eigenvalue weighted by atomic mass is 32.2. The van der Waals surface area contributed by atoms with Gasteiger partial charge in [0.05, 0.1) is 23.7 Å². The molecule has 2 heterocycles. The number of rotatable bonds is 4. The number of sulfonamides is 1. The Balaban J connectivity index is 1.68. The second-order valence-electron chi connectivity index (χ2n) is 7.09. The summed E-state index contributed by atoms with van der Waals surface area (Å²) in [4.78, 5) is 26.9. The molecule has 9 heteroatoms. The largest absolute Gasteiger partial charge is 0.497 e. The van der Waals surface area contributed by atoms with E-state index in [0.717, 1.165) is 10.5 Å². The molecule has 2 fully saturated rings. The van der Waals surface area contributed by atoms with Gasteiger partial charge in [-0.3, -0.25) is 4.79 Å². The number of hydrogen-bond donors (Lipinski definition) is 1. The van der Waals surface area contributed by atoms with E-state index < -0.39 is 34.0 Å². The predicted molar refractivity (Wildman–Crippen MR) is 106 cm³/mol. The fraction of sp³-hybridized carbons (Fsp3) is 0.300. The van der Waals surface area contributed by atoms with Gasteiger partial charge < -0.3 is 10.1 Å². The maximum absolute atomic E-state index is 13.2. The highest BCUT2D eigenvalue weighted by Crippen LogP contribution is 2.32. The maximum atomic E-state index is 13.2. The van der Waals surface area contributed by atoms with Crippen molar-refractivity contribution in [1.29, 1.82) is 0 Å². The highest BCUT2D eigenvalue weighted by Gasteiger charge is 2.52. The van der Waals surface area contributed by atoms with Crippen LogP contribution in [0, 0.1) is 6.92 Å². The Kier molecular flexibility index (Phi) is 4.79. The molecule has 29 heavy (non-hydrogen) atoms. The summed E-state index contributed by atoms with van der Waals surface area (Å²) in [5.74, 6) is -0.00742. The average molecular weight is 415 g/mol. The van der Waals surface area contributed by atoms with Crippen LogP contribution in [0.5, 0.6) is 5.75 Å². The quantitative estimate of drug-likeness (QED) is 0.823. The lowest BCUT2D eigenvalue weighted by atomic mass is 10.1. The molecule has 152 valence electrons. The molecular weight excluding hydrogens is 394 g/mol. The molecule has 2 aromatic rings. The number of carbonyl (C=O) groups excluding carboxylic acids is 2. The molecule has 0 saturated carbocycles. The number of benzene rings is 2. The lowest BCUT2D eigenvalue weighted by molar-refractivity contribution is -0.122. The number of methoxy groups -OCH3 is 1.